The smallest absolute Gasteiger partial charge is 0.316 e. The molecule has 3 aliphatic rings. The monoisotopic (exact) mass is 650 g/mol. The number of amides is 6. The number of hydrogen-bond acceptors (Lipinski definition) is 6. The topological polar surface area (TPSA) is 180 Å². The Hall–Kier alpha value is -4.22. The molecular weight excluding hydrogens is 600 g/mol. The summed E-state index contributed by atoms with van der Waals surface area (Å²) in [6.07, 6.45) is 3.16. The second-order valence-electron chi connectivity index (χ2n) is 15.1. The maximum Gasteiger partial charge on any atom is 0.316 e. The highest BCUT2D eigenvalue weighted by Gasteiger charge is 2.70. The maximum atomic E-state index is 14.3. The number of nitrogens with one attached hydrogen (secondary N) is 4. The third kappa shape index (κ3) is 8.02. The van der Waals surface area contributed by atoms with Crippen molar-refractivity contribution < 1.29 is 28.8 Å². The summed E-state index contributed by atoms with van der Waals surface area (Å²) in [6, 6.07) is 4.54. The Kier molecular flexibility index (Phi) is 10.5. The number of ketones is 1. The Morgan fingerprint density at radius 1 is 1.02 bits per heavy atom. The quantitative estimate of drug-likeness (QED) is 0.161. The summed E-state index contributed by atoms with van der Waals surface area (Å²) in [6.45, 7) is 15.5. The number of likely N-dealkylation sites (tertiary alicyclic amines) is 1. The van der Waals surface area contributed by atoms with Crippen LogP contribution in [0.15, 0.2) is 42.5 Å². The van der Waals surface area contributed by atoms with Gasteiger partial charge >= 0.3 is 6.03 Å². The Balaban J connectivity index is 1.48. The molecule has 1 unspecified atom stereocenters. The molecule has 0 bridgehead atoms. The average molecular weight is 651 g/mol. The number of rotatable bonds is 13. The highest BCUT2D eigenvalue weighted by Crippen LogP contribution is 2.65. The van der Waals surface area contributed by atoms with Gasteiger partial charge in [-0.15, -0.1) is 0 Å². The van der Waals surface area contributed by atoms with Gasteiger partial charge in [-0.2, -0.15) is 0 Å². The Bertz CT molecular complexity index is 1410. The summed E-state index contributed by atoms with van der Waals surface area (Å²) in [5, 5.41) is 11.0. The fourth-order valence-corrected chi connectivity index (χ4v) is 6.95. The van der Waals surface area contributed by atoms with E-state index in [1.807, 2.05) is 44.2 Å². The minimum Gasteiger partial charge on any atom is -0.363 e. The third-order valence-corrected chi connectivity index (χ3v) is 10.2. The molecule has 1 aliphatic heterocycles. The summed E-state index contributed by atoms with van der Waals surface area (Å²) in [4.78, 5) is 80.5. The van der Waals surface area contributed by atoms with E-state index < -0.39 is 65.0 Å². The first kappa shape index (κ1) is 35.6. The maximum absolute atomic E-state index is 14.3. The number of piperidine rings is 1. The van der Waals surface area contributed by atoms with Gasteiger partial charge in [-0.1, -0.05) is 90.8 Å². The molecule has 12 nitrogen and oxygen atoms in total. The minimum atomic E-state index is -1.11. The lowest BCUT2D eigenvalue weighted by Gasteiger charge is -2.38. The molecule has 0 aromatic heterocycles. The molecule has 0 radical (unpaired) electrons. The molecule has 2 saturated carbocycles. The van der Waals surface area contributed by atoms with Crippen LogP contribution in [0.5, 0.6) is 0 Å². The van der Waals surface area contributed by atoms with Gasteiger partial charge in [0.05, 0.1) is 6.04 Å². The Morgan fingerprint density at radius 2 is 1.66 bits per heavy atom. The first-order chi connectivity index (χ1) is 21.9. The zero-order chi connectivity index (χ0) is 34.8. The highest BCUT2D eigenvalue weighted by molar-refractivity contribution is 6.37. The van der Waals surface area contributed by atoms with Crippen LogP contribution in [0.4, 0.5) is 4.79 Å². The fraction of sp³-hybridized carbons (Fsp3) is 0.600. The molecule has 0 spiro atoms. The number of primary amides is 1. The summed E-state index contributed by atoms with van der Waals surface area (Å²) in [7, 11) is 0. The number of hydrogen-bond donors (Lipinski definition) is 5. The first-order valence-corrected chi connectivity index (χ1v) is 16.4. The molecule has 2 aliphatic carbocycles. The van der Waals surface area contributed by atoms with Gasteiger partial charge in [0.25, 0.3) is 5.91 Å². The molecule has 12 heteroatoms. The highest BCUT2D eigenvalue weighted by atomic mass is 16.2. The van der Waals surface area contributed by atoms with Crippen LogP contribution in [0.3, 0.4) is 0 Å². The van der Waals surface area contributed by atoms with Gasteiger partial charge in [0.15, 0.2) is 0 Å². The number of carbonyl (C=O) groups excluding carboxylic acids is 6. The second kappa shape index (κ2) is 13.9. The van der Waals surface area contributed by atoms with Crippen molar-refractivity contribution in [3.63, 3.8) is 0 Å². The number of carbonyl (C=O) groups is 6. The first-order valence-electron chi connectivity index (χ1n) is 16.4. The van der Waals surface area contributed by atoms with E-state index in [-0.39, 0.29) is 29.7 Å². The van der Waals surface area contributed by atoms with Crippen molar-refractivity contribution in [3.05, 3.63) is 48.0 Å². The van der Waals surface area contributed by atoms with Gasteiger partial charge in [0.2, 0.25) is 23.5 Å². The Labute approximate surface area is 277 Å². The van der Waals surface area contributed by atoms with Gasteiger partial charge in [-0.3, -0.25) is 24.0 Å². The lowest BCUT2D eigenvalue weighted by atomic mass is 9.80. The van der Waals surface area contributed by atoms with E-state index in [1.165, 1.54) is 4.90 Å². The standard InChI is InChI=1S/C35H50N6O6/c1-19(2)25(30(44)37-17-21-12-9-8-10-13-21)39-33(47)40-28(34(3,4)5)32(46)41-18-22-24(35(22,6)7)26(41)31(45)38-23(27(42)29(36)43)16-20-14-11-15-20/h8-10,12-13,20,22-26,28H,1,11,14-18H2,2-7H3,(H2,36,43)(H,37,44)(H,38,45)(H2,39,40,47)/t22-,23?,24-,25-,26-,28+/m0/s1. The molecule has 1 aromatic carbocycles. The van der Waals surface area contributed by atoms with Gasteiger partial charge in [-0.25, -0.2) is 4.79 Å². The molecule has 1 saturated heterocycles. The predicted molar refractivity (Wildman–Crippen MR) is 176 cm³/mol. The molecule has 1 aromatic rings. The molecule has 47 heavy (non-hydrogen) atoms. The lowest BCUT2D eigenvalue weighted by Crippen LogP contribution is -2.62. The molecule has 1 heterocycles. The van der Waals surface area contributed by atoms with Crippen LogP contribution < -0.4 is 27.0 Å². The molecule has 6 N–H and O–H groups in total. The van der Waals surface area contributed by atoms with E-state index in [0.717, 1.165) is 24.8 Å². The van der Waals surface area contributed by atoms with Crippen molar-refractivity contribution >= 4 is 35.4 Å². The summed E-state index contributed by atoms with van der Waals surface area (Å²) in [5.74, 6) is -3.26. The number of benzene rings is 1. The normalized spacial score (nSPS) is 23.2. The molecule has 4 rings (SSSR count). The lowest BCUT2D eigenvalue weighted by molar-refractivity contribution is -0.145. The number of nitrogens with two attached hydrogens (primary N) is 1. The number of Topliss-reactive ketones (excluding diaryl/α,β-unsaturated/α-hetero) is 1. The van der Waals surface area contributed by atoms with Gasteiger partial charge < -0.3 is 31.9 Å². The van der Waals surface area contributed by atoms with Crippen LogP contribution >= 0.6 is 0 Å². The van der Waals surface area contributed by atoms with E-state index in [9.17, 15) is 28.8 Å². The molecule has 256 valence electrons. The largest absolute Gasteiger partial charge is 0.363 e. The van der Waals surface area contributed by atoms with E-state index in [2.05, 4.69) is 27.8 Å². The SMILES string of the molecule is C=C(C)[C@H](NC(=O)N[C@H](C(=O)N1C[C@H]2[C@@H]([C@H]1C(=O)NC(CC1CCC1)C(=O)C(N)=O)C2(C)C)C(C)(C)C)C(=O)NCc1ccccc1. The molecular formula is C35H50N6O6. The Morgan fingerprint density at radius 3 is 2.19 bits per heavy atom. The average Bonchev–Trinajstić information content (AvgIpc) is 3.28. The van der Waals surface area contributed by atoms with Crippen molar-refractivity contribution in [2.24, 2.45) is 34.3 Å². The number of fused-ring (bicyclic) bond motifs is 1. The van der Waals surface area contributed by atoms with Crippen molar-refractivity contribution in [2.75, 3.05) is 6.54 Å². The summed E-state index contributed by atoms with van der Waals surface area (Å²) < 4.78 is 0. The van der Waals surface area contributed by atoms with Crippen LogP contribution in [-0.2, 0) is 30.5 Å². The zero-order valence-electron chi connectivity index (χ0n) is 28.4. The van der Waals surface area contributed by atoms with Crippen molar-refractivity contribution in [3.8, 4) is 0 Å². The van der Waals surface area contributed by atoms with E-state index in [4.69, 9.17) is 5.73 Å². The van der Waals surface area contributed by atoms with Crippen LogP contribution in [0.25, 0.3) is 0 Å². The summed E-state index contributed by atoms with van der Waals surface area (Å²) in [5.41, 5.74) is 5.64. The van der Waals surface area contributed by atoms with Gasteiger partial charge in [0, 0.05) is 13.1 Å². The second-order valence-corrected chi connectivity index (χ2v) is 15.1. The number of nitrogens with zero attached hydrogens (tertiary/aromatic N) is 1. The van der Waals surface area contributed by atoms with Crippen LogP contribution in [0, 0.1) is 28.6 Å². The van der Waals surface area contributed by atoms with Crippen LogP contribution in [0.2, 0.25) is 0 Å². The number of urea groups is 1. The van der Waals surface area contributed by atoms with E-state index in [1.54, 1.807) is 27.7 Å². The summed E-state index contributed by atoms with van der Waals surface area (Å²) >= 11 is 0. The van der Waals surface area contributed by atoms with Crippen molar-refractivity contribution in [2.45, 2.75) is 97.9 Å². The van der Waals surface area contributed by atoms with Gasteiger partial charge in [-0.05, 0) is 53.1 Å². The zero-order valence-corrected chi connectivity index (χ0v) is 28.4. The van der Waals surface area contributed by atoms with Crippen molar-refractivity contribution in [1.29, 1.82) is 0 Å². The minimum absolute atomic E-state index is 0.0506. The van der Waals surface area contributed by atoms with Crippen LogP contribution in [-0.4, -0.2) is 71.1 Å². The third-order valence-electron chi connectivity index (χ3n) is 10.2. The van der Waals surface area contributed by atoms with Crippen molar-refractivity contribution in [1.82, 2.24) is 26.2 Å². The fourth-order valence-electron chi connectivity index (χ4n) is 6.95. The molecule has 6 atom stereocenters. The van der Waals surface area contributed by atoms with E-state index >= 15 is 0 Å². The molecule has 3 fully saturated rings. The van der Waals surface area contributed by atoms with Crippen LogP contribution in [0.1, 0.15) is 72.8 Å². The molecule has 6 amide bonds. The van der Waals surface area contributed by atoms with E-state index in [0.29, 0.717) is 18.5 Å². The van der Waals surface area contributed by atoms with Gasteiger partial charge in [0.1, 0.15) is 18.1 Å². The predicted octanol–water partition coefficient (Wildman–Crippen LogP) is 2.17.